The highest BCUT2D eigenvalue weighted by atomic mass is 15.2. The number of hydrogen-bond donors (Lipinski definition) is 1. The molecule has 0 spiro atoms. The summed E-state index contributed by atoms with van der Waals surface area (Å²) >= 11 is 0. The van der Waals surface area contributed by atoms with Crippen molar-refractivity contribution in [2.45, 2.75) is 18.4 Å². The molecule has 1 saturated heterocycles. The lowest BCUT2D eigenvalue weighted by Crippen LogP contribution is -2.55. The van der Waals surface area contributed by atoms with Gasteiger partial charge in [-0.05, 0) is 26.4 Å². The molecule has 0 amide bonds. The number of likely N-dealkylation sites (tertiary alicyclic amines) is 1. The number of terminal acetylenes is 1. The minimum absolute atomic E-state index is 0.417. The Balaban J connectivity index is 2.59. The van der Waals surface area contributed by atoms with E-state index in [2.05, 4.69) is 22.2 Å². The molecule has 70 valence electrons. The summed E-state index contributed by atoms with van der Waals surface area (Å²) in [5.41, 5.74) is -0.417. The number of rotatable bonds is 2. The van der Waals surface area contributed by atoms with Gasteiger partial charge in [-0.1, -0.05) is 5.92 Å². The maximum atomic E-state index is 9.08. The van der Waals surface area contributed by atoms with Crippen molar-refractivity contribution >= 4 is 0 Å². The first-order chi connectivity index (χ1) is 6.22. The van der Waals surface area contributed by atoms with Gasteiger partial charge in [0.1, 0.15) is 5.54 Å². The van der Waals surface area contributed by atoms with Crippen LogP contribution in [0.1, 0.15) is 12.8 Å². The van der Waals surface area contributed by atoms with Gasteiger partial charge in [0.05, 0.1) is 12.6 Å². The van der Waals surface area contributed by atoms with Crippen molar-refractivity contribution < 1.29 is 0 Å². The van der Waals surface area contributed by atoms with Gasteiger partial charge >= 0.3 is 0 Å². The van der Waals surface area contributed by atoms with Crippen molar-refractivity contribution in [2.24, 2.45) is 0 Å². The zero-order chi connectivity index (χ0) is 9.73. The van der Waals surface area contributed by atoms with Crippen molar-refractivity contribution in [3.63, 3.8) is 0 Å². The predicted molar refractivity (Wildman–Crippen MR) is 51.9 cm³/mol. The molecule has 3 nitrogen and oxygen atoms in total. The fraction of sp³-hybridized carbons (Fsp3) is 0.700. The summed E-state index contributed by atoms with van der Waals surface area (Å²) in [4.78, 5) is 2.16. The molecule has 1 unspecified atom stereocenters. The van der Waals surface area contributed by atoms with E-state index in [0.717, 1.165) is 25.9 Å². The van der Waals surface area contributed by atoms with E-state index in [1.807, 2.05) is 7.05 Å². The lowest BCUT2D eigenvalue weighted by atomic mass is 9.91. The smallest absolute Gasteiger partial charge is 0.120 e. The Labute approximate surface area is 79.7 Å². The summed E-state index contributed by atoms with van der Waals surface area (Å²) < 4.78 is 0. The molecule has 3 heteroatoms. The molecule has 1 heterocycles. The Kier molecular flexibility index (Phi) is 3.31. The average molecular weight is 177 g/mol. The second kappa shape index (κ2) is 4.28. The second-order valence-corrected chi connectivity index (χ2v) is 3.59. The molecule has 1 rings (SSSR count). The first kappa shape index (κ1) is 10.1. The van der Waals surface area contributed by atoms with Crippen LogP contribution in [-0.2, 0) is 0 Å². The van der Waals surface area contributed by atoms with E-state index >= 15 is 0 Å². The number of nitrogens with one attached hydrogen (secondary N) is 1. The van der Waals surface area contributed by atoms with Crippen LogP contribution in [0.25, 0.3) is 0 Å². The molecule has 1 fully saturated rings. The highest BCUT2D eigenvalue weighted by Gasteiger charge is 2.33. The molecule has 1 N–H and O–H groups in total. The Morgan fingerprint density at radius 2 is 2.46 bits per heavy atom. The molecule has 1 atom stereocenters. The van der Waals surface area contributed by atoms with Crippen molar-refractivity contribution in [1.29, 1.82) is 5.26 Å². The minimum Gasteiger partial charge on any atom is -0.303 e. The van der Waals surface area contributed by atoms with E-state index in [0.29, 0.717) is 6.54 Å². The van der Waals surface area contributed by atoms with Gasteiger partial charge in [-0.15, -0.1) is 6.42 Å². The summed E-state index contributed by atoms with van der Waals surface area (Å²) in [6.45, 7) is 2.31. The molecule has 0 bridgehead atoms. The fourth-order valence-electron chi connectivity index (χ4n) is 1.76. The van der Waals surface area contributed by atoms with Crippen LogP contribution in [0.5, 0.6) is 0 Å². The van der Waals surface area contributed by atoms with Crippen LogP contribution in [0, 0.1) is 23.7 Å². The van der Waals surface area contributed by atoms with E-state index in [4.69, 9.17) is 11.7 Å². The molecule has 1 aliphatic rings. The molecule has 0 aliphatic carbocycles. The largest absolute Gasteiger partial charge is 0.303 e. The van der Waals surface area contributed by atoms with Crippen molar-refractivity contribution in [2.75, 3.05) is 26.7 Å². The average Bonchev–Trinajstić information content (AvgIpc) is 2.15. The normalized spacial score (nSPS) is 29.2. The molecule has 0 aromatic rings. The second-order valence-electron chi connectivity index (χ2n) is 3.59. The molecule has 0 radical (unpaired) electrons. The highest BCUT2D eigenvalue weighted by molar-refractivity contribution is 5.12. The number of likely N-dealkylation sites (N-methyl/N-ethyl adjacent to an activating group) is 1. The molecule has 13 heavy (non-hydrogen) atoms. The summed E-state index contributed by atoms with van der Waals surface area (Å²) in [5, 5.41) is 12.2. The van der Waals surface area contributed by atoms with Crippen LogP contribution in [0.4, 0.5) is 0 Å². The van der Waals surface area contributed by atoms with E-state index < -0.39 is 5.54 Å². The third kappa shape index (κ3) is 2.45. The first-order valence-corrected chi connectivity index (χ1v) is 4.51. The van der Waals surface area contributed by atoms with Crippen LogP contribution in [-0.4, -0.2) is 37.1 Å². The summed E-state index contributed by atoms with van der Waals surface area (Å²) in [5.74, 6) is 2.51. The Morgan fingerprint density at radius 1 is 1.69 bits per heavy atom. The lowest BCUT2D eigenvalue weighted by molar-refractivity contribution is 0.189. The standard InChI is InChI=1S/C10H15N3/c1-3-6-12-10(8-11)5-4-7-13(2)9-10/h1,12H,4-7,9H2,2H3. The van der Waals surface area contributed by atoms with Gasteiger partial charge in [0, 0.05) is 6.54 Å². The molecule has 0 saturated carbocycles. The molecular formula is C10H15N3. The number of hydrogen-bond acceptors (Lipinski definition) is 3. The summed E-state index contributed by atoms with van der Waals surface area (Å²) in [6, 6.07) is 2.33. The van der Waals surface area contributed by atoms with E-state index in [9.17, 15) is 0 Å². The van der Waals surface area contributed by atoms with Gasteiger partial charge in [0.25, 0.3) is 0 Å². The fourth-order valence-corrected chi connectivity index (χ4v) is 1.76. The van der Waals surface area contributed by atoms with Gasteiger partial charge < -0.3 is 4.90 Å². The molecule has 0 aromatic carbocycles. The van der Waals surface area contributed by atoms with E-state index in [-0.39, 0.29) is 0 Å². The van der Waals surface area contributed by atoms with Gasteiger partial charge in [-0.3, -0.25) is 5.32 Å². The predicted octanol–water partition coefficient (Wildman–Crippen LogP) is 0.197. The number of piperidine rings is 1. The lowest BCUT2D eigenvalue weighted by Gasteiger charge is -2.36. The van der Waals surface area contributed by atoms with Gasteiger partial charge in [0.15, 0.2) is 0 Å². The Hall–Kier alpha value is -1.03. The molecular weight excluding hydrogens is 162 g/mol. The van der Waals surface area contributed by atoms with E-state index in [1.54, 1.807) is 0 Å². The number of nitriles is 1. The minimum atomic E-state index is -0.417. The van der Waals surface area contributed by atoms with Gasteiger partial charge in [-0.25, -0.2) is 0 Å². The first-order valence-electron chi connectivity index (χ1n) is 4.51. The quantitative estimate of drug-likeness (QED) is 0.612. The van der Waals surface area contributed by atoms with Crippen LogP contribution in [0.15, 0.2) is 0 Å². The third-order valence-electron chi connectivity index (χ3n) is 2.43. The summed E-state index contributed by atoms with van der Waals surface area (Å²) in [6.07, 6.45) is 7.11. The Bertz CT molecular complexity index is 248. The van der Waals surface area contributed by atoms with Crippen LogP contribution in [0.3, 0.4) is 0 Å². The Morgan fingerprint density at radius 3 is 3.00 bits per heavy atom. The molecule has 1 aliphatic heterocycles. The zero-order valence-electron chi connectivity index (χ0n) is 8.01. The van der Waals surface area contributed by atoms with Crippen LogP contribution < -0.4 is 5.32 Å². The molecule has 0 aromatic heterocycles. The third-order valence-corrected chi connectivity index (χ3v) is 2.43. The van der Waals surface area contributed by atoms with Crippen LogP contribution in [0.2, 0.25) is 0 Å². The van der Waals surface area contributed by atoms with Crippen molar-refractivity contribution in [3.8, 4) is 18.4 Å². The van der Waals surface area contributed by atoms with Gasteiger partial charge in [0.2, 0.25) is 0 Å². The van der Waals surface area contributed by atoms with Crippen LogP contribution >= 0.6 is 0 Å². The van der Waals surface area contributed by atoms with E-state index in [1.165, 1.54) is 0 Å². The van der Waals surface area contributed by atoms with Gasteiger partial charge in [-0.2, -0.15) is 5.26 Å². The maximum Gasteiger partial charge on any atom is 0.120 e. The SMILES string of the molecule is C#CCNC1(C#N)CCCN(C)C1. The maximum absolute atomic E-state index is 9.08. The topological polar surface area (TPSA) is 39.1 Å². The van der Waals surface area contributed by atoms with Crippen molar-refractivity contribution in [3.05, 3.63) is 0 Å². The summed E-state index contributed by atoms with van der Waals surface area (Å²) in [7, 11) is 2.03. The monoisotopic (exact) mass is 177 g/mol. The number of nitrogens with zero attached hydrogens (tertiary/aromatic N) is 2. The zero-order valence-corrected chi connectivity index (χ0v) is 8.01. The highest BCUT2D eigenvalue weighted by Crippen LogP contribution is 2.18. The van der Waals surface area contributed by atoms with Crippen molar-refractivity contribution in [1.82, 2.24) is 10.2 Å².